The topological polar surface area (TPSA) is 33.5 Å². The fourth-order valence-corrected chi connectivity index (χ4v) is 3.28. The highest BCUT2D eigenvalue weighted by Gasteiger charge is 2.18. The molecule has 1 atom stereocenters. The summed E-state index contributed by atoms with van der Waals surface area (Å²) >= 11 is 0. The van der Waals surface area contributed by atoms with E-state index < -0.39 is 0 Å². The number of fused-ring (bicyclic) bond motifs is 1. The van der Waals surface area contributed by atoms with E-state index in [9.17, 15) is 4.79 Å². The van der Waals surface area contributed by atoms with Gasteiger partial charge in [0.25, 0.3) is 0 Å². The number of benzene rings is 1. The molecule has 1 aromatic heterocycles. The molecule has 1 saturated heterocycles. The summed E-state index contributed by atoms with van der Waals surface area (Å²) < 4.78 is 5.37. The van der Waals surface area contributed by atoms with Gasteiger partial charge in [0.1, 0.15) is 5.58 Å². The highest BCUT2D eigenvalue weighted by atomic mass is 16.4. The molecule has 0 radical (unpaired) electrons. The van der Waals surface area contributed by atoms with Crippen molar-refractivity contribution < 1.29 is 4.42 Å². The summed E-state index contributed by atoms with van der Waals surface area (Å²) in [4.78, 5) is 14.3. The normalized spacial score (nSPS) is 20.0. The molecular formula is C18H23NO2. The monoisotopic (exact) mass is 285 g/mol. The second-order valence-electron chi connectivity index (χ2n) is 6.51. The van der Waals surface area contributed by atoms with E-state index in [0.717, 1.165) is 42.1 Å². The van der Waals surface area contributed by atoms with Crippen molar-refractivity contribution in [2.75, 3.05) is 13.1 Å². The number of aryl methyl sites for hydroxylation is 2. The fraction of sp³-hybridized carbons (Fsp3) is 0.500. The third-order valence-electron chi connectivity index (χ3n) is 4.58. The van der Waals surface area contributed by atoms with Gasteiger partial charge in [-0.15, -0.1) is 0 Å². The average molecular weight is 285 g/mol. The van der Waals surface area contributed by atoms with Gasteiger partial charge < -0.3 is 4.42 Å². The minimum Gasteiger partial charge on any atom is -0.423 e. The molecule has 21 heavy (non-hydrogen) atoms. The Morgan fingerprint density at radius 1 is 1.24 bits per heavy atom. The Balaban J connectivity index is 2.00. The van der Waals surface area contributed by atoms with Gasteiger partial charge in [-0.05, 0) is 68.0 Å². The van der Waals surface area contributed by atoms with E-state index in [-0.39, 0.29) is 5.63 Å². The fourth-order valence-electron chi connectivity index (χ4n) is 3.28. The summed E-state index contributed by atoms with van der Waals surface area (Å²) in [5.41, 5.74) is 3.97. The van der Waals surface area contributed by atoms with E-state index in [1.165, 1.54) is 18.4 Å². The average Bonchev–Trinajstić information content (AvgIpc) is 2.41. The van der Waals surface area contributed by atoms with Crippen LogP contribution < -0.4 is 5.63 Å². The molecule has 3 heteroatoms. The summed E-state index contributed by atoms with van der Waals surface area (Å²) in [6, 6.07) is 5.79. The van der Waals surface area contributed by atoms with Crippen molar-refractivity contribution in [3.63, 3.8) is 0 Å². The van der Waals surface area contributed by atoms with Gasteiger partial charge in [0, 0.05) is 24.5 Å². The molecule has 0 amide bonds. The number of rotatable bonds is 2. The van der Waals surface area contributed by atoms with Gasteiger partial charge in [-0.1, -0.05) is 6.92 Å². The van der Waals surface area contributed by atoms with Gasteiger partial charge in [-0.25, -0.2) is 4.79 Å². The molecule has 1 aromatic carbocycles. The lowest BCUT2D eigenvalue weighted by Crippen LogP contribution is -2.34. The van der Waals surface area contributed by atoms with Gasteiger partial charge in [0.15, 0.2) is 0 Å². The molecule has 1 aliphatic heterocycles. The lowest BCUT2D eigenvalue weighted by atomic mass is 9.98. The predicted molar refractivity (Wildman–Crippen MR) is 85.6 cm³/mol. The Bertz CT molecular complexity index is 717. The van der Waals surface area contributed by atoms with Gasteiger partial charge in [0.05, 0.1) is 0 Å². The molecule has 3 nitrogen and oxygen atoms in total. The number of hydrogen-bond acceptors (Lipinski definition) is 3. The van der Waals surface area contributed by atoms with Crippen LogP contribution >= 0.6 is 0 Å². The van der Waals surface area contributed by atoms with E-state index >= 15 is 0 Å². The van der Waals surface area contributed by atoms with E-state index in [0.29, 0.717) is 5.58 Å². The second-order valence-corrected chi connectivity index (χ2v) is 6.51. The minimum absolute atomic E-state index is 0.245. The Morgan fingerprint density at radius 3 is 2.76 bits per heavy atom. The van der Waals surface area contributed by atoms with Crippen molar-refractivity contribution in [2.45, 2.75) is 40.2 Å². The van der Waals surface area contributed by atoms with Gasteiger partial charge >= 0.3 is 5.63 Å². The predicted octanol–water partition coefficient (Wildman–Crippen LogP) is 3.64. The minimum atomic E-state index is -0.245. The van der Waals surface area contributed by atoms with E-state index in [2.05, 4.69) is 24.8 Å². The van der Waals surface area contributed by atoms with Crippen LogP contribution in [0.4, 0.5) is 0 Å². The summed E-state index contributed by atoms with van der Waals surface area (Å²) in [6.07, 6.45) is 2.56. The van der Waals surface area contributed by atoms with Crippen molar-refractivity contribution in [3.8, 4) is 0 Å². The summed E-state index contributed by atoms with van der Waals surface area (Å²) in [5.74, 6) is 0.745. The lowest BCUT2D eigenvalue weighted by molar-refractivity contribution is 0.177. The highest BCUT2D eigenvalue weighted by Crippen LogP contribution is 2.24. The third-order valence-corrected chi connectivity index (χ3v) is 4.58. The van der Waals surface area contributed by atoms with E-state index in [4.69, 9.17) is 4.42 Å². The molecule has 1 unspecified atom stereocenters. The Morgan fingerprint density at radius 2 is 2.00 bits per heavy atom. The number of piperidine rings is 1. The first kappa shape index (κ1) is 14.3. The van der Waals surface area contributed by atoms with Crippen LogP contribution in [-0.2, 0) is 6.54 Å². The maximum atomic E-state index is 11.8. The van der Waals surface area contributed by atoms with Crippen LogP contribution in [0, 0.1) is 19.8 Å². The molecule has 2 aromatic rings. The molecular weight excluding hydrogens is 262 g/mol. The second kappa shape index (κ2) is 5.64. The molecule has 2 heterocycles. The quantitative estimate of drug-likeness (QED) is 0.790. The maximum absolute atomic E-state index is 11.8. The van der Waals surface area contributed by atoms with E-state index in [1.807, 2.05) is 13.0 Å². The van der Waals surface area contributed by atoms with Crippen LogP contribution in [0.2, 0.25) is 0 Å². The van der Waals surface area contributed by atoms with E-state index in [1.54, 1.807) is 6.07 Å². The summed E-state index contributed by atoms with van der Waals surface area (Å²) in [7, 11) is 0. The van der Waals surface area contributed by atoms with Crippen molar-refractivity contribution in [2.24, 2.45) is 5.92 Å². The van der Waals surface area contributed by atoms with Crippen molar-refractivity contribution in [1.82, 2.24) is 4.90 Å². The Labute approximate surface area is 125 Å². The first-order chi connectivity index (χ1) is 10.0. The zero-order valence-corrected chi connectivity index (χ0v) is 13.1. The van der Waals surface area contributed by atoms with Gasteiger partial charge in [0.2, 0.25) is 0 Å². The lowest BCUT2D eigenvalue weighted by Gasteiger charge is -2.31. The van der Waals surface area contributed by atoms with Crippen LogP contribution in [0.3, 0.4) is 0 Å². The first-order valence-corrected chi connectivity index (χ1v) is 7.79. The standard InChI is InChI=1S/C18H23NO2/c1-12-5-4-6-19(10-12)11-15-9-18(20)21-17-8-14(3)13(2)7-16(15)17/h7-9,12H,4-6,10-11H2,1-3H3. The zero-order chi connectivity index (χ0) is 15.0. The van der Waals surface area contributed by atoms with Crippen molar-refractivity contribution in [3.05, 3.63) is 45.3 Å². The molecule has 0 N–H and O–H groups in total. The molecule has 1 fully saturated rings. The van der Waals surface area contributed by atoms with Crippen LogP contribution in [0.15, 0.2) is 27.4 Å². The molecule has 0 spiro atoms. The van der Waals surface area contributed by atoms with Crippen molar-refractivity contribution in [1.29, 1.82) is 0 Å². The van der Waals surface area contributed by atoms with Crippen LogP contribution in [0.25, 0.3) is 11.0 Å². The zero-order valence-electron chi connectivity index (χ0n) is 13.1. The Kier molecular flexibility index (Phi) is 3.85. The molecule has 112 valence electrons. The Hall–Kier alpha value is -1.61. The van der Waals surface area contributed by atoms with Gasteiger partial charge in [-0.3, -0.25) is 4.90 Å². The van der Waals surface area contributed by atoms with Crippen molar-refractivity contribution >= 4 is 11.0 Å². The molecule has 0 bridgehead atoms. The van der Waals surface area contributed by atoms with Gasteiger partial charge in [-0.2, -0.15) is 0 Å². The van der Waals surface area contributed by atoms with Crippen LogP contribution in [0.5, 0.6) is 0 Å². The summed E-state index contributed by atoms with van der Waals surface area (Å²) in [5, 5.41) is 1.08. The smallest absolute Gasteiger partial charge is 0.336 e. The number of likely N-dealkylation sites (tertiary alicyclic amines) is 1. The highest BCUT2D eigenvalue weighted by molar-refractivity contribution is 5.81. The maximum Gasteiger partial charge on any atom is 0.336 e. The summed E-state index contributed by atoms with van der Waals surface area (Å²) in [6.45, 7) is 9.54. The number of nitrogens with zero attached hydrogens (tertiary/aromatic N) is 1. The molecule has 0 aliphatic carbocycles. The third kappa shape index (κ3) is 3.03. The van der Waals surface area contributed by atoms with Crippen LogP contribution in [0.1, 0.15) is 36.5 Å². The van der Waals surface area contributed by atoms with Crippen LogP contribution in [-0.4, -0.2) is 18.0 Å². The largest absolute Gasteiger partial charge is 0.423 e. The molecule has 0 saturated carbocycles. The SMILES string of the molecule is Cc1cc2oc(=O)cc(CN3CCCC(C)C3)c2cc1C. The molecule has 3 rings (SSSR count). The number of hydrogen-bond donors (Lipinski definition) is 0. The molecule has 1 aliphatic rings. The first-order valence-electron chi connectivity index (χ1n) is 7.79.